The minimum atomic E-state index is -0.810. The lowest BCUT2D eigenvalue weighted by atomic mass is 9.82. The first-order valence-electron chi connectivity index (χ1n) is 7.33. The number of terminal acetylenes is 1. The van der Waals surface area contributed by atoms with E-state index in [1.54, 1.807) is 51.1 Å². The third-order valence-corrected chi connectivity index (χ3v) is 4.27. The maximum absolute atomic E-state index is 12.1. The number of allylic oxidation sites excluding steroid dienone is 1. The van der Waals surface area contributed by atoms with Crippen molar-refractivity contribution in [1.29, 1.82) is 0 Å². The van der Waals surface area contributed by atoms with Crippen LogP contribution in [0.25, 0.3) is 0 Å². The van der Waals surface area contributed by atoms with Gasteiger partial charge in [-0.05, 0) is 54.4 Å². The second kappa shape index (κ2) is 7.33. The van der Waals surface area contributed by atoms with Crippen molar-refractivity contribution in [2.45, 2.75) is 40.7 Å². The quantitative estimate of drug-likeness (QED) is 0.471. The number of carbonyl (C=O) groups excluding carboxylic acids is 1. The van der Waals surface area contributed by atoms with Gasteiger partial charge in [0.25, 0.3) is 0 Å². The van der Waals surface area contributed by atoms with Gasteiger partial charge in [-0.1, -0.05) is 38.0 Å². The molecule has 1 atom stereocenters. The highest BCUT2D eigenvalue weighted by Crippen LogP contribution is 2.41. The van der Waals surface area contributed by atoms with Crippen molar-refractivity contribution < 1.29 is 14.6 Å². The Morgan fingerprint density at radius 1 is 1.35 bits per heavy atom. The summed E-state index contributed by atoms with van der Waals surface area (Å²) in [6.07, 6.45) is 7.77. The lowest BCUT2D eigenvalue weighted by molar-refractivity contribution is -0.143. The van der Waals surface area contributed by atoms with E-state index in [-0.39, 0.29) is 5.97 Å². The molecule has 0 radical (unpaired) electrons. The molecular formula is C19H23BrO3. The summed E-state index contributed by atoms with van der Waals surface area (Å²) in [4.78, 5) is 12.1. The van der Waals surface area contributed by atoms with Gasteiger partial charge >= 0.3 is 5.97 Å². The SMILES string of the molecule is C#C/C=C/C(C)(C)[C@@H](O)c1cccc(OC(=O)C(C)(C)C)c1Br. The number of aliphatic hydroxyl groups is 1. The van der Waals surface area contributed by atoms with Crippen molar-refractivity contribution in [1.82, 2.24) is 0 Å². The minimum Gasteiger partial charge on any atom is -0.425 e. The van der Waals surface area contributed by atoms with Crippen molar-refractivity contribution in [2.75, 3.05) is 0 Å². The smallest absolute Gasteiger partial charge is 0.316 e. The fraction of sp³-hybridized carbons (Fsp3) is 0.421. The summed E-state index contributed by atoms with van der Waals surface area (Å²) < 4.78 is 6.01. The molecule has 0 unspecified atom stereocenters. The van der Waals surface area contributed by atoms with Gasteiger partial charge in [-0.3, -0.25) is 4.79 Å². The normalized spacial score (nSPS) is 13.7. The number of hydrogen-bond donors (Lipinski definition) is 1. The topological polar surface area (TPSA) is 46.5 Å². The van der Waals surface area contributed by atoms with E-state index in [2.05, 4.69) is 21.9 Å². The highest BCUT2D eigenvalue weighted by molar-refractivity contribution is 9.10. The van der Waals surface area contributed by atoms with Gasteiger partial charge in [-0.2, -0.15) is 0 Å². The molecule has 0 heterocycles. The summed E-state index contributed by atoms with van der Waals surface area (Å²) in [5.41, 5.74) is -0.541. The molecule has 124 valence electrons. The van der Waals surface area contributed by atoms with Crippen LogP contribution in [0.4, 0.5) is 0 Å². The van der Waals surface area contributed by atoms with Gasteiger partial charge in [0.2, 0.25) is 0 Å². The van der Waals surface area contributed by atoms with Crippen molar-refractivity contribution in [3.8, 4) is 18.1 Å². The first kappa shape index (κ1) is 19.5. The van der Waals surface area contributed by atoms with Gasteiger partial charge in [0.15, 0.2) is 0 Å². The fourth-order valence-corrected chi connectivity index (χ4v) is 2.39. The van der Waals surface area contributed by atoms with E-state index >= 15 is 0 Å². The van der Waals surface area contributed by atoms with Crippen LogP contribution in [0.1, 0.15) is 46.3 Å². The molecule has 0 fully saturated rings. The number of hydrogen-bond acceptors (Lipinski definition) is 3. The van der Waals surface area contributed by atoms with Crippen LogP contribution in [-0.4, -0.2) is 11.1 Å². The van der Waals surface area contributed by atoms with Crippen LogP contribution < -0.4 is 4.74 Å². The predicted octanol–water partition coefficient (Wildman–Crippen LogP) is 4.65. The van der Waals surface area contributed by atoms with Crippen molar-refractivity contribution in [2.24, 2.45) is 10.8 Å². The molecule has 1 N–H and O–H groups in total. The van der Waals surface area contributed by atoms with E-state index in [1.165, 1.54) is 0 Å². The molecule has 0 aromatic heterocycles. The minimum absolute atomic E-state index is 0.337. The Kier molecular flexibility index (Phi) is 6.21. The maximum Gasteiger partial charge on any atom is 0.316 e. The zero-order chi connectivity index (χ0) is 17.8. The molecule has 0 spiro atoms. The molecule has 0 saturated heterocycles. The largest absolute Gasteiger partial charge is 0.425 e. The molecule has 0 aliphatic rings. The van der Waals surface area contributed by atoms with Gasteiger partial charge in [-0.15, -0.1) is 6.42 Å². The van der Waals surface area contributed by atoms with E-state index in [0.29, 0.717) is 15.8 Å². The molecule has 1 rings (SSSR count). The Bertz CT molecular complexity index is 646. The van der Waals surface area contributed by atoms with Crippen LogP contribution in [0, 0.1) is 23.2 Å². The van der Waals surface area contributed by atoms with Crippen LogP contribution in [0.15, 0.2) is 34.8 Å². The zero-order valence-electron chi connectivity index (χ0n) is 14.2. The number of carbonyl (C=O) groups is 1. The molecule has 0 aliphatic heterocycles. The Labute approximate surface area is 146 Å². The molecular weight excluding hydrogens is 356 g/mol. The van der Waals surface area contributed by atoms with E-state index in [9.17, 15) is 9.90 Å². The number of esters is 1. The lowest BCUT2D eigenvalue weighted by Gasteiger charge is -2.28. The van der Waals surface area contributed by atoms with Crippen molar-refractivity contribution in [3.63, 3.8) is 0 Å². The summed E-state index contributed by atoms with van der Waals surface area (Å²) in [6, 6.07) is 5.22. The summed E-state index contributed by atoms with van der Waals surface area (Å²) in [6.45, 7) is 9.12. The van der Waals surface area contributed by atoms with E-state index < -0.39 is 16.9 Å². The van der Waals surface area contributed by atoms with E-state index in [4.69, 9.17) is 11.2 Å². The standard InChI is InChI=1S/C19H23BrO3/c1-7-8-12-19(5,6)16(21)13-10-9-11-14(15(13)20)23-17(22)18(2,3)4/h1,8-12,16,21H,2-6H3/b12-8+/t16-/m0/s1. The third kappa shape index (κ3) is 4.95. The number of aliphatic hydroxyl groups excluding tert-OH is 1. The van der Waals surface area contributed by atoms with Gasteiger partial charge in [-0.25, -0.2) is 0 Å². The molecule has 0 amide bonds. The third-order valence-electron chi connectivity index (χ3n) is 3.42. The second-order valence-electron chi connectivity index (χ2n) is 7.02. The van der Waals surface area contributed by atoms with Gasteiger partial charge in [0, 0.05) is 5.41 Å². The average molecular weight is 379 g/mol. The van der Waals surface area contributed by atoms with Crippen molar-refractivity contribution >= 4 is 21.9 Å². The maximum atomic E-state index is 12.1. The molecule has 4 heteroatoms. The van der Waals surface area contributed by atoms with Crippen molar-refractivity contribution in [3.05, 3.63) is 40.4 Å². The Morgan fingerprint density at radius 2 is 1.96 bits per heavy atom. The van der Waals surface area contributed by atoms with Gasteiger partial charge < -0.3 is 9.84 Å². The molecule has 3 nitrogen and oxygen atoms in total. The summed E-state index contributed by atoms with van der Waals surface area (Å²) in [5, 5.41) is 10.7. The number of benzene rings is 1. The Morgan fingerprint density at radius 3 is 2.48 bits per heavy atom. The molecule has 0 bridgehead atoms. The highest BCUT2D eigenvalue weighted by Gasteiger charge is 2.30. The zero-order valence-corrected chi connectivity index (χ0v) is 15.8. The summed E-state index contributed by atoms with van der Waals surface area (Å²) in [5.74, 6) is 2.48. The highest BCUT2D eigenvalue weighted by atomic mass is 79.9. The van der Waals surface area contributed by atoms with Crippen LogP contribution in [0.5, 0.6) is 5.75 Å². The monoisotopic (exact) mass is 378 g/mol. The summed E-state index contributed by atoms with van der Waals surface area (Å²) >= 11 is 3.44. The number of halogens is 1. The van der Waals surface area contributed by atoms with E-state index in [1.807, 2.05) is 13.8 Å². The molecule has 1 aromatic rings. The predicted molar refractivity (Wildman–Crippen MR) is 95.9 cm³/mol. The van der Waals surface area contributed by atoms with Crippen LogP contribution >= 0.6 is 15.9 Å². The second-order valence-corrected chi connectivity index (χ2v) is 7.82. The number of rotatable bonds is 4. The van der Waals surface area contributed by atoms with Crippen LogP contribution in [0.3, 0.4) is 0 Å². The Hall–Kier alpha value is -1.57. The van der Waals surface area contributed by atoms with Crippen LogP contribution in [-0.2, 0) is 4.79 Å². The van der Waals surface area contributed by atoms with Gasteiger partial charge in [0.05, 0.1) is 16.0 Å². The van der Waals surface area contributed by atoms with Crippen LogP contribution in [0.2, 0.25) is 0 Å². The molecule has 1 aromatic carbocycles. The first-order valence-corrected chi connectivity index (χ1v) is 8.12. The Balaban J connectivity index is 3.17. The summed E-state index contributed by atoms with van der Waals surface area (Å²) in [7, 11) is 0. The van der Waals surface area contributed by atoms with E-state index in [0.717, 1.165) is 0 Å². The lowest BCUT2D eigenvalue weighted by Crippen LogP contribution is -2.26. The molecule has 0 saturated carbocycles. The average Bonchev–Trinajstić information content (AvgIpc) is 2.45. The first-order chi connectivity index (χ1) is 10.5. The molecule has 23 heavy (non-hydrogen) atoms. The fourth-order valence-electron chi connectivity index (χ4n) is 1.83. The molecule has 0 aliphatic carbocycles. The van der Waals surface area contributed by atoms with Gasteiger partial charge in [0.1, 0.15) is 5.75 Å². The number of ether oxygens (including phenoxy) is 1.